The normalized spacial score (nSPS) is 13.9. The topological polar surface area (TPSA) is 87.7 Å². The first-order valence-electron chi connectivity index (χ1n) is 12.6. The summed E-state index contributed by atoms with van der Waals surface area (Å²) in [5.41, 5.74) is 2.08. The number of amides is 2. The minimum Gasteiger partial charge on any atom is -0.379 e. The first kappa shape index (κ1) is 27.4. The average Bonchev–Trinajstić information content (AvgIpc) is 3.39. The first-order valence-corrected chi connectivity index (χ1v) is 14.2. The van der Waals surface area contributed by atoms with Gasteiger partial charge in [-0.25, -0.2) is 0 Å². The third kappa shape index (κ3) is 8.99. The number of hydrogen-bond acceptors (Lipinski definition) is 7. The van der Waals surface area contributed by atoms with Gasteiger partial charge in [0.25, 0.3) is 0 Å². The molecule has 1 N–H and O–H groups in total. The zero-order valence-electron chi connectivity index (χ0n) is 20.8. The van der Waals surface area contributed by atoms with Crippen LogP contribution in [-0.2, 0) is 20.7 Å². The zero-order chi connectivity index (χ0) is 25.9. The van der Waals surface area contributed by atoms with Crippen molar-refractivity contribution >= 4 is 44.2 Å². The highest BCUT2D eigenvalue weighted by Gasteiger charge is 2.17. The molecule has 2 heterocycles. The summed E-state index contributed by atoms with van der Waals surface area (Å²) in [4.78, 5) is 30.0. The molecule has 0 bridgehead atoms. The number of morpholine rings is 1. The van der Waals surface area contributed by atoms with Crippen LogP contribution in [0.5, 0.6) is 0 Å². The molecular formula is C27H32BrN5O3S. The van der Waals surface area contributed by atoms with E-state index in [1.807, 2.05) is 59.5 Å². The van der Waals surface area contributed by atoms with E-state index in [2.05, 4.69) is 36.3 Å². The molecule has 1 aromatic heterocycles. The predicted octanol–water partition coefficient (Wildman–Crippen LogP) is 4.48. The number of hydrogen-bond donors (Lipinski definition) is 1. The molecule has 196 valence electrons. The third-order valence-electron chi connectivity index (χ3n) is 6.20. The highest BCUT2D eigenvalue weighted by molar-refractivity contribution is 9.10. The van der Waals surface area contributed by atoms with Crippen molar-refractivity contribution in [3.8, 4) is 10.6 Å². The Hall–Kier alpha value is -2.66. The summed E-state index contributed by atoms with van der Waals surface area (Å²) >= 11 is 4.76. The number of ether oxygens (including phenoxy) is 1. The second-order valence-corrected chi connectivity index (χ2v) is 10.8. The Bertz CT molecular complexity index is 1140. The molecule has 0 spiro atoms. The smallest absolute Gasteiger partial charge is 0.227 e. The minimum absolute atomic E-state index is 0.0760. The Kier molecular flexibility index (Phi) is 10.6. The molecule has 2 amide bonds. The maximum absolute atomic E-state index is 13.1. The molecule has 1 aliphatic heterocycles. The molecule has 37 heavy (non-hydrogen) atoms. The van der Waals surface area contributed by atoms with E-state index in [0.717, 1.165) is 59.9 Å². The largest absolute Gasteiger partial charge is 0.379 e. The maximum Gasteiger partial charge on any atom is 0.227 e. The predicted molar refractivity (Wildman–Crippen MR) is 150 cm³/mol. The number of halogens is 1. The Morgan fingerprint density at radius 1 is 1.00 bits per heavy atom. The summed E-state index contributed by atoms with van der Waals surface area (Å²) in [6, 6.07) is 17.8. The molecule has 4 rings (SSSR count). The summed E-state index contributed by atoms with van der Waals surface area (Å²) in [5.74, 6) is -0.0976. The lowest BCUT2D eigenvalue weighted by Crippen LogP contribution is -2.39. The number of anilines is 1. The number of rotatable bonds is 12. The third-order valence-corrected chi connectivity index (χ3v) is 7.62. The van der Waals surface area contributed by atoms with Crippen LogP contribution in [0.1, 0.15) is 24.8 Å². The van der Waals surface area contributed by atoms with Gasteiger partial charge in [-0.2, -0.15) is 0 Å². The van der Waals surface area contributed by atoms with Crippen LogP contribution in [0.3, 0.4) is 0 Å². The van der Waals surface area contributed by atoms with E-state index in [-0.39, 0.29) is 18.2 Å². The molecule has 0 radical (unpaired) electrons. The van der Waals surface area contributed by atoms with Gasteiger partial charge in [-0.3, -0.25) is 14.5 Å². The number of benzene rings is 2. The van der Waals surface area contributed by atoms with E-state index < -0.39 is 0 Å². The van der Waals surface area contributed by atoms with Gasteiger partial charge in [-0.05, 0) is 30.5 Å². The van der Waals surface area contributed by atoms with Crippen LogP contribution < -0.4 is 5.32 Å². The molecule has 0 unspecified atom stereocenters. The SMILES string of the molecule is O=C(CCN(CCCN1CCOCC1)C(=O)CCc1ccccc1)Nc1nnc(-c2ccc(Br)cc2)s1. The van der Waals surface area contributed by atoms with Crippen molar-refractivity contribution in [3.05, 3.63) is 64.6 Å². The van der Waals surface area contributed by atoms with E-state index in [1.54, 1.807) is 0 Å². The van der Waals surface area contributed by atoms with Crippen LogP contribution in [0.15, 0.2) is 59.1 Å². The molecule has 1 aliphatic rings. The standard InChI is InChI=1S/C27H32BrN5O3S/c28-23-10-8-22(9-11-23)26-30-31-27(37-26)29-24(34)13-16-33(15-4-14-32-17-19-36-20-18-32)25(35)12-7-21-5-2-1-3-6-21/h1-3,5-6,8-11H,4,7,12-20H2,(H,29,31,34). The summed E-state index contributed by atoms with van der Waals surface area (Å²) in [7, 11) is 0. The first-order chi connectivity index (χ1) is 18.1. The molecule has 3 aromatic rings. The Labute approximate surface area is 230 Å². The van der Waals surface area contributed by atoms with Gasteiger partial charge in [0.2, 0.25) is 16.9 Å². The molecule has 1 saturated heterocycles. The van der Waals surface area contributed by atoms with E-state index >= 15 is 0 Å². The van der Waals surface area contributed by atoms with Gasteiger partial charge in [-0.15, -0.1) is 10.2 Å². The highest BCUT2D eigenvalue weighted by Crippen LogP contribution is 2.27. The molecule has 2 aromatic carbocycles. The maximum atomic E-state index is 13.1. The van der Waals surface area contributed by atoms with Crippen LogP contribution >= 0.6 is 27.3 Å². The van der Waals surface area contributed by atoms with Crippen LogP contribution in [-0.4, -0.2) is 77.7 Å². The summed E-state index contributed by atoms with van der Waals surface area (Å²) in [6.07, 6.45) is 2.19. The molecular weight excluding hydrogens is 554 g/mol. The van der Waals surface area contributed by atoms with Crippen molar-refractivity contribution < 1.29 is 14.3 Å². The highest BCUT2D eigenvalue weighted by atomic mass is 79.9. The molecule has 10 heteroatoms. The van der Waals surface area contributed by atoms with E-state index in [1.165, 1.54) is 11.3 Å². The van der Waals surface area contributed by atoms with Crippen molar-refractivity contribution in [2.75, 3.05) is 51.3 Å². The van der Waals surface area contributed by atoms with E-state index in [4.69, 9.17) is 4.74 Å². The van der Waals surface area contributed by atoms with Gasteiger partial charge in [0.05, 0.1) is 13.2 Å². The second-order valence-electron chi connectivity index (χ2n) is 8.89. The van der Waals surface area contributed by atoms with E-state index in [9.17, 15) is 9.59 Å². The number of nitrogens with one attached hydrogen (secondary N) is 1. The number of carbonyl (C=O) groups excluding carboxylic acids is 2. The molecule has 0 atom stereocenters. The fraction of sp³-hybridized carbons (Fsp3) is 0.407. The van der Waals surface area contributed by atoms with Gasteiger partial charge < -0.3 is 15.0 Å². The average molecular weight is 587 g/mol. The number of aromatic nitrogens is 2. The quantitative estimate of drug-likeness (QED) is 0.337. The van der Waals surface area contributed by atoms with Gasteiger partial charge in [0, 0.05) is 55.6 Å². The fourth-order valence-corrected chi connectivity index (χ4v) is 5.16. The van der Waals surface area contributed by atoms with Crippen molar-refractivity contribution in [1.82, 2.24) is 20.0 Å². The van der Waals surface area contributed by atoms with E-state index in [0.29, 0.717) is 31.1 Å². The Morgan fingerprint density at radius 2 is 1.76 bits per heavy atom. The van der Waals surface area contributed by atoms with Crippen LogP contribution in [0.25, 0.3) is 10.6 Å². The van der Waals surface area contributed by atoms with Gasteiger partial charge in [0.1, 0.15) is 5.01 Å². The summed E-state index contributed by atoms with van der Waals surface area (Å²) in [6.45, 7) is 5.29. The molecule has 1 fully saturated rings. The lowest BCUT2D eigenvalue weighted by molar-refractivity contribution is -0.131. The lowest BCUT2D eigenvalue weighted by atomic mass is 10.1. The van der Waals surface area contributed by atoms with Crippen molar-refractivity contribution in [2.24, 2.45) is 0 Å². The van der Waals surface area contributed by atoms with Crippen LogP contribution in [0.4, 0.5) is 5.13 Å². The number of carbonyl (C=O) groups is 2. The fourth-order valence-electron chi connectivity index (χ4n) is 4.13. The number of nitrogens with zero attached hydrogens (tertiary/aromatic N) is 4. The Morgan fingerprint density at radius 3 is 2.51 bits per heavy atom. The summed E-state index contributed by atoms with van der Waals surface area (Å²) < 4.78 is 6.41. The lowest BCUT2D eigenvalue weighted by Gasteiger charge is -2.28. The van der Waals surface area contributed by atoms with Crippen LogP contribution in [0, 0.1) is 0 Å². The van der Waals surface area contributed by atoms with Gasteiger partial charge in [-0.1, -0.05) is 69.7 Å². The van der Waals surface area contributed by atoms with Crippen molar-refractivity contribution in [1.29, 1.82) is 0 Å². The Balaban J connectivity index is 1.29. The molecule has 0 aliphatic carbocycles. The van der Waals surface area contributed by atoms with Crippen LogP contribution in [0.2, 0.25) is 0 Å². The van der Waals surface area contributed by atoms with Gasteiger partial charge in [0.15, 0.2) is 0 Å². The minimum atomic E-state index is -0.174. The second kappa shape index (κ2) is 14.3. The molecule has 8 nitrogen and oxygen atoms in total. The van der Waals surface area contributed by atoms with Crippen molar-refractivity contribution in [2.45, 2.75) is 25.7 Å². The summed E-state index contributed by atoms with van der Waals surface area (Å²) in [5, 5.41) is 12.3. The zero-order valence-corrected chi connectivity index (χ0v) is 23.2. The van der Waals surface area contributed by atoms with Gasteiger partial charge >= 0.3 is 0 Å². The monoisotopic (exact) mass is 585 g/mol. The molecule has 0 saturated carbocycles. The van der Waals surface area contributed by atoms with Crippen molar-refractivity contribution in [3.63, 3.8) is 0 Å². The number of aryl methyl sites for hydroxylation is 1.